The molecule has 0 atom stereocenters. The van der Waals surface area contributed by atoms with Gasteiger partial charge in [0, 0.05) is 28.1 Å². The third kappa shape index (κ3) is 4.00. The van der Waals surface area contributed by atoms with E-state index >= 15 is 0 Å². The molecule has 4 aromatic rings. The highest BCUT2D eigenvalue weighted by Gasteiger charge is 2.35. The van der Waals surface area contributed by atoms with Gasteiger partial charge in [0.25, 0.3) is 0 Å². The number of aromatic nitrogens is 2. The number of carbonyl (C=O) groups excluding carboxylic acids is 1. The maximum Gasteiger partial charge on any atom is 0.301 e. The molecule has 0 unspecified atom stereocenters. The number of anilines is 2. The minimum Gasteiger partial charge on any atom is -0.342 e. The molecular weight excluding hydrogens is 428 g/mol. The Kier molecular flexibility index (Phi) is 5.34. The number of nitrogens with one attached hydrogen (secondary N) is 1. The van der Waals surface area contributed by atoms with E-state index < -0.39 is 0 Å². The van der Waals surface area contributed by atoms with Crippen LogP contribution < -0.4 is 10.3 Å². The first-order chi connectivity index (χ1) is 15.3. The topological polar surface area (TPSA) is 82.8 Å². The van der Waals surface area contributed by atoms with Gasteiger partial charge in [0.1, 0.15) is 12.4 Å². The predicted molar refractivity (Wildman–Crippen MR) is 126 cm³/mol. The summed E-state index contributed by atoms with van der Waals surface area (Å²) in [7, 11) is 0. The maximum atomic E-state index is 13.2. The van der Waals surface area contributed by atoms with E-state index in [1.165, 1.54) is 27.7 Å². The summed E-state index contributed by atoms with van der Waals surface area (Å²) in [6, 6.07) is 19.4. The summed E-state index contributed by atoms with van der Waals surface area (Å²) in [6.45, 7) is 0.224. The normalized spacial score (nSPS) is 14.8. The standard InChI is InChI=1S/C22H16N6OS2/c29-20-19(24-14-25-21-23-11-12-30-21)18(16-9-5-2-6-10-16)27-28(20)22-26-17(13-31-22)15-7-3-1-4-8-15/h1-13H,14H2,(H,23,25). The number of amides is 1. The number of thiazole rings is 2. The van der Waals surface area contributed by atoms with Gasteiger partial charge in [0.2, 0.25) is 5.13 Å². The Balaban J connectivity index is 1.46. The van der Waals surface area contributed by atoms with Gasteiger partial charge in [0.15, 0.2) is 10.8 Å². The molecule has 1 N–H and O–H groups in total. The van der Waals surface area contributed by atoms with Crippen LogP contribution in [0.25, 0.3) is 11.3 Å². The first-order valence-electron chi connectivity index (χ1n) is 9.47. The van der Waals surface area contributed by atoms with Gasteiger partial charge >= 0.3 is 5.91 Å². The SMILES string of the molecule is O=C1C(=NCNc2nccs2)C(c2ccccc2)=NN1c1nc(-c2ccccc2)cs1. The smallest absolute Gasteiger partial charge is 0.301 e. The highest BCUT2D eigenvalue weighted by atomic mass is 32.1. The summed E-state index contributed by atoms with van der Waals surface area (Å²) in [5, 5.41) is 14.1. The van der Waals surface area contributed by atoms with Crippen LogP contribution in [-0.2, 0) is 4.79 Å². The molecule has 2 aromatic carbocycles. The third-order valence-electron chi connectivity index (χ3n) is 4.51. The van der Waals surface area contributed by atoms with Gasteiger partial charge in [0.05, 0.1) is 5.69 Å². The van der Waals surface area contributed by atoms with E-state index in [9.17, 15) is 4.79 Å². The first kappa shape index (κ1) is 19.3. The molecule has 31 heavy (non-hydrogen) atoms. The maximum absolute atomic E-state index is 13.2. The van der Waals surface area contributed by atoms with Crippen LogP contribution in [0, 0.1) is 0 Å². The zero-order chi connectivity index (χ0) is 21.0. The van der Waals surface area contributed by atoms with Crippen molar-refractivity contribution in [3.8, 4) is 11.3 Å². The van der Waals surface area contributed by atoms with Crippen LogP contribution in [0.5, 0.6) is 0 Å². The Bertz CT molecular complexity index is 1250. The lowest BCUT2D eigenvalue weighted by Crippen LogP contribution is -2.28. The molecule has 7 nitrogen and oxygen atoms in total. The fourth-order valence-corrected chi connectivity index (χ4v) is 4.36. The lowest BCUT2D eigenvalue weighted by molar-refractivity contribution is -0.112. The number of hydrazone groups is 1. The molecule has 0 saturated heterocycles. The summed E-state index contributed by atoms with van der Waals surface area (Å²) in [4.78, 5) is 26.5. The molecule has 0 spiro atoms. The Labute approximate surface area is 186 Å². The van der Waals surface area contributed by atoms with E-state index in [1.807, 2.05) is 71.4 Å². The van der Waals surface area contributed by atoms with Crippen LogP contribution in [0.3, 0.4) is 0 Å². The molecule has 0 aliphatic carbocycles. The van der Waals surface area contributed by atoms with Crippen molar-refractivity contribution in [2.45, 2.75) is 0 Å². The molecule has 0 radical (unpaired) electrons. The summed E-state index contributed by atoms with van der Waals surface area (Å²) >= 11 is 2.85. The zero-order valence-corrected chi connectivity index (χ0v) is 17.8. The summed E-state index contributed by atoms with van der Waals surface area (Å²) in [6.07, 6.45) is 1.71. The lowest BCUT2D eigenvalue weighted by atomic mass is 10.1. The number of carbonyl (C=O) groups is 1. The number of benzene rings is 2. The molecule has 1 amide bonds. The lowest BCUT2D eigenvalue weighted by Gasteiger charge is -2.06. The molecule has 0 fully saturated rings. The van der Waals surface area contributed by atoms with Crippen LogP contribution in [-0.4, -0.2) is 34.0 Å². The van der Waals surface area contributed by atoms with Crippen molar-refractivity contribution in [1.82, 2.24) is 9.97 Å². The summed E-state index contributed by atoms with van der Waals surface area (Å²) in [5.74, 6) is -0.297. The van der Waals surface area contributed by atoms with Crippen LogP contribution in [0.4, 0.5) is 10.3 Å². The molecule has 0 bridgehead atoms. The van der Waals surface area contributed by atoms with Gasteiger partial charge in [-0.05, 0) is 0 Å². The van der Waals surface area contributed by atoms with Crippen LogP contribution in [0.15, 0.2) is 87.7 Å². The Morgan fingerprint density at radius 2 is 1.71 bits per heavy atom. The van der Waals surface area contributed by atoms with Crippen LogP contribution in [0.2, 0.25) is 0 Å². The monoisotopic (exact) mass is 444 g/mol. The van der Waals surface area contributed by atoms with Crippen LogP contribution in [0.1, 0.15) is 5.56 Å². The molecule has 9 heteroatoms. The number of aliphatic imine (C=N–C) groups is 1. The molecule has 5 rings (SSSR count). The Morgan fingerprint density at radius 3 is 2.42 bits per heavy atom. The minimum atomic E-state index is -0.297. The number of rotatable bonds is 6. The second-order valence-corrected chi connectivity index (χ2v) is 8.22. The minimum absolute atomic E-state index is 0.224. The van der Waals surface area contributed by atoms with Crippen molar-refractivity contribution in [2.75, 3.05) is 17.0 Å². The molecule has 0 saturated carbocycles. The average molecular weight is 445 g/mol. The fourth-order valence-electron chi connectivity index (χ4n) is 3.06. The Morgan fingerprint density at radius 1 is 0.968 bits per heavy atom. The molecule has 1 aliphatic rings. The summed E-state index contributed by atoms with van der Waals surface area (Å²) < 4.78 is 0. The van der Waals surface area contributed by atoms with E-state index in [-0.39, 0.29) is 12.6 Å². The van der Waals surface area contributed by atoms with E-state index in [4.69, 9.17) is 0 Å². The summed E-state index contributed by atoms with van der Waals surface area (Å²) in [5.41, 5.74) is 3.45. The van der Waals surface area contributed by atoms with Crippen molar-refractivity contribution in [3.05, 3.63) is 83.2 Å². The molecule has 3 heterocycles. The van der Waals surface area contributed by atoms with E-state index in [1.54, 1.807) is 6.20 Å². The average Bonchev–Trinajstić information content (AvgIpc) is 3.57. The highest BCUT2D eigenvalue weighted by Crippen LogP contribution is 2.30. The van der Waals surface area contributed by atoms with Crippen LogP contribution >= 0.6 is 22.7 Å². The van der Waals surface area contributed by atoms with Gasteiger partial charge in [-0.2, -0.15) is 10.1 Å². The first-order valence-corrected chi connectivity index (χ1v) is 11.2. The van der Waals surface area contributed by atoms with E-state index in [2.05, 4.69) is 25.4 Å². The van der Waals surface area contributed by atoms with E-state index in [0.717, 1.165) is 22.0 Å². The zero-order valence-electron chi connectivity index (χ0n) is 16.2. The van der Waals surface area contributed by atoms with Gasteiger partial charge in [-0.25, -0.2) is 9.97 Å². The van der Waals surface area contributed by atoms with Gasteiger partial charge in [-0.1, -0.05) is 60.7 Å². The van der Waals surface area contributed by atoms with Crippen molar-refractivity contribution < 1.29 is 4.79 Å². The van der Waals surface area contributed by atoms with Gasteiger partial charge in [-0.15, -0.1) is 22.7 Å². The van der Waals surface area contributed by atoms with E-state index in [0.29, 0.717) is 16.6 Å². The molecule has 152 valence electrons. The van der Waals surface area contributed by atoms with Crippen molar-refractivity contribution in [3.63, 3.8) is 0 Å². The molecule has 1 aliphatic heterocycles. The molecular formula is C22H16N6OS2. The predicted octanol–water partition coefficient (Wildman–Crippen LogP) is 4.53. The molecule has 2 aromatic heterocycles. The fraction of sp³-hybridized carbons (Fsp3) is 0.0455. The quantitative estimate of drug-likeness (QED) is 0.474. The number of nitrogens with zero attached hydrogens (tertiary/aromatic N) is 5. The number of hydrogen-bond donors (Lipinski definition) is 1. The largest absolute Gasteiger partial charge is 0.342 e. The number of hydrogen-bond acceptors (Lipinski definition) is 8. The van der Waals surface area contributed by atoms with Crippen molar-refractivity contribution in [1.29, 1.82) is 0 Å². The highest BCUT2D eigenvalue weighted by molar-refractivity contribution is 7.14. The second-order valence-electron chi connectivity index (χ2n) is 6.49. The van der Waals surface area contributed by atoms with Gasteiger partial charge in [-0.3, -0.25) is 9.79 Å². The van der Waals surface area contributed by atoms with Crippen molar-refractivity contribution in [2.24, 2.45) is 10.1 Å². The third-order valence-corrected chi connectivity index (χ3v) is 6.06. The Hall–Kier alpha value is -3.69. The van der Waals surface area contributed by atoms with Crippen molar-refractivity contribution >= 4 is 50.3 Å². The van der Waals surface area contributed by atoms with Gasteiger partial charge < -0.3 is 5.32 Å². The second kappa shape index (κ2) is 8.58.